The van der Waals surface area contributed by atoms with E-state index in [9.17, 15) is 0 Å². The van der Waals surface area contributed by atoms with Crippen molar-refractivity contribution in [2.45, 2.75) is 6.54 Å². The molecular weight excluding hydrogens is 356 g/mol. The second-order valence-corrected chi connectivity index (χ2v) is 6.29. The molecule has 9 heteroatoms. The molecule has 0 aliphatic rings. The number of anilines is 4. The topological polar surface area (TPSA) is 108 Å². The summed E-state index contributed by atoms with van der Waals surface area (Å²) in [6.07, 6.45) is 1.61. The highest BCUT2D eigenvalue weighted by molar-refractivity contribution is 5.60. The van der Waals surface area contributed by atoms with E-state index in [0.717, 1.165) is 11.3 Å². The van der Waals surface area contributed by atoms with Crippen LogP contribution in [0.1, 0.15) is 5.56 Å². The van der Waals surface area contributed by atoms with Crippen LogP contribution in [0.15, 0.2) is 59.2 Å². The first-order valence-corrected chi connectivity index (χ1v) is 8.75. The van der Waals surface area contributed by atoms with Gasteiger partial charge in [-0.25, -0.2) is 0 Å². The van der Waals surface area contributed by atoms with E-state index < -0.39 is 0 Å². The molecule has 4 rings (SSSR count). The molecule has 0 unspecified atom stereocenters. The molecule has 0 aliphatic heterocycles. The molecular formula is C19H20N8O. The molecule has 4 aromatic rings. The second kappa shape index (κ2) is 7.78. The summed E-state index contributed by atoms with van der Waals surface area (Å²) in [4.78, 5) is 15.1. The molecule has 0 aliphatic carbocycles. The summed E-state index contributed by atoms with van der Waals surface area (Å²) in [5, 5.41) is 13.5. The third kappa shape index (κ3) is 4.09. The van der Waals surface area contributed by atoms with Crippen molar-refractivity contribution in [2.24, 2.45) is 0 Å². The normalized spacial score (nSPS) is 10.6. The lowest BCUT2D eigenvalue weighted by Gasteiger charge is -2.13. The highest BCUT2D eigenvalue weighted by Crippen LogP contribution is 2.22. The molecule has 0 radical (unpaired) electrons. The Morgan fingerprint density at radius 2 is 1.82 bits per heavy atom. The average Bonchev–Trinajstić information content (AvgIpc) is 3.39. The highest BCUT2D eigenvalue weighted by atomic mass is 16.3. The maximum atomic E-state index is 5.37. The molecule has 3 aromatic heterocycles. The molecule has 142 valence electrons. The van der Waals surface area contributed by atoms with E-state index in [-0.39, 0.29) is 0 Å². The van der Waals surface area contributed by atoms with Gasteiger partial charge in [0.2, 0.25) is 17.8 Å². The van der Waals surface area contributed by atoms with Gasteiger partial charge in [0, 0.05) is 26.7 Å². The lowest BCUT2D eigenvalue weighted by atomic mass is 10.2. The van der Waals surface area contributed by atoms with E-state index in [1.165, 1.54) is 0 Å². The van der Waals surface area contributed by atoms with Crippen molar-refractivity contribution < 1.29 is 4.42 Å². The molecule has 0 saturated heterocycles. The Labute approximate surface area is 161 Å². The Bertz CT molecular complexity index is 1030. The van der Waals surface area contributed by atoms with Gasteiger partial charge in [0.25, 0.3) is 0 Å². The van der Waals surface area contributed by atoms with E-state index in [2.05, 4.69) is 35.8 Å². The minimum atomic E-state index is 0.395. The molecule has 9 nitrogen and oxygen atoms in total. The maximum Gasteiger partial charge on any atom is 0.235 e. The number of nitrogens with zero attached hydrogens (tertiary/aromatic N) is 5. The van der Waals surface area contributed by atoms with Crippen LogP contribution in [-0.2, 0) is 6.54 Å². The van der Waals surface area contributed by atoms with Gasteiger partial charge in [-0.3, -0.25) is 5.10 Å². The van der Waals surface area contributed by atoms with Gasteiger partial charge >= 0.3 is 0 Å². The van der Waals surface area contributed by atoms with E-state index in [1.54, 1.807) is 6.26 Å². The van der Waals surface area contributed by atoms with Gasteiger partial charge < -0.3 is 20.0 Å². The predicted octanol–water partition coefficient (Wildman–Crippen LogP) is 3.28. The molecule has 0 atom stereocenters. The Balaban J connectivity index is 1.53. The van der Waals surface area contributed by atoms with Crippen LogP contribution >= 0.6 is 0 Å². The van der Waals surface area contributed by atoms with Crippen LogP contribution in [-0.4, -0.2) is 39.2 Å². The molecule has 28 heavy (non-hydrogen) atoms. The van der Waals surface area contributed by atoms with Crippen molar-refractivity contribution in [1.82, 2.24) is 25.1 Å². The predicted molar refractivity (Wildman–Crippen MR) is 107 cm³/mol. The van der Waals surface area contributed by atoms with Gasteiger partial charge in [0.05, 0.1) is 6.26 Å². The standard InChI is InChI=1S/C19H20N8O/c1-27(2)19-23-17(20-12-13-7-4-3-5-8-13)22-18(24-19)21-16-11-14(25-26-16)15-9-6-10-28-15/h3-11H,12H2,1-2H3,(H3,20,21,22,23,24,25,26). The van der Waals surface area contributed by atoms with Gasteiger partial charge in [-0.05, 0) is 17.7 Å². The number of rotatable bonds is 7. The molecule has 3 heterocycles. The van der Waals surface area contributed by atoms with E-state index in [4.69, 9.17) is 4.42 Å². The maximum absolute atomic E-state index is 5.37. The van der Waals surface area contributed by atoms with Crippen LogP contribution in [0.5, 0.6) is 0 Å². The number of hydrogen-bond acceptors (Lipinski definition) is 8. The smallest absolute Gasteiger partial charge is 0.235 e. The first-order valence-electron chi connectivity index (χ1n) is 8.75. The number of aromatic amines is 1. The summed E-state index contributed by atoms with van der Waals surface area (Å²) in [7, 11) is 3.76. The first kappa shape index (κ1) is 17.5. The van der Waals surface area contributed by atoms with Crippen LogP contribution in [0.2, 0.25) is 0 Å². The summed E-state index contributed by atoms with van der Waals surface area (Å²) in [5.41, 5.74) is 1.90. The Morgan fingerprint density at radius 3 is 2.57 bits per heavy atom. The van der Waals surface area contributed by atoms with Gasteiger partial charge in [0.1, 0.15) is 5.69 Å². The average molecular weight is 376 g/mol. The summed E-state index contributed by atoms with van der Waals surface area (Å²) < 4.78 is 5.37. The Morgan fingerprint density at radius 1 is 1.00 bits per heavy atom. The number of hydrogen-bond donors (Lipinski definition) is 3. The van der Waals surface area contributed by atoms with Crippen molar-refractivity contribution in [2.75, 3.05) is 29.6 Å². The second-order valence-electron chi connectivity index (χ2n) is 6.29. The minimum absolute atomic E-state index is 0.395. The number of nitrogens with one attached hydrogen (secondary N) is 3. The molecule has 0 spiro atoms. The van der Waals surface area contributed by atoms with Crippen LogP contribution < -0.4 is 15.5 Å². The number of aromatic nitrogens is 5. The monoisotopic (exact) mass is 376 g/mol. The van der Waals surface area contributed by atoms with Crippen molar-refractivity contribution in [3.05, 3.63) is 60.4 Å². The van der Waals surface area contributed by atoms with E-state index in [1.807, 2.05) is 67.5 Å². The molecule has 1 aromatic carbocycles. The molecule has 3 N–H and O–H groups in total. The lowest BCUT2D eigenvalue weighted by molar-refractivity contribution is 0.580. The Kier molecular flexibility index (Phi) is 4.87. The number of benzene rings is 1. The zero-order valence-corrected chi connectivity index (χ0v) is 15.5. The fourth-order valence-corrected chi connectivity index (χ4v) is 2.54. The summed E-state index contributed by atoms with van der Waals surface area (Å²) in [6, 6.07) is 15.6. The van der Waals surface area contributed by atoms with E-state index in [0.29, 0.717) is 36.0 Å². The van der Waals surface area contributed by atoms with Crippen LogP contribution in [0.25, 0.3) is 11.5 Å². The minimum Gasteiger partial charge on any atom is -0.463 e. The van der Waals surface area contributed by atoms with Crippen molar-refractivity contribution in [1.29, 1.82) is 0 Å². The third-order valence-corrected chi connectivity index (χ3v) is 3.92. The fourth-order valence-electron chi connectivity index (χ4n) is 2.54. The summed E-state index contributed by atoms with van der Waals surface area (Å²) >= 11 is 0. The van der Waals surface area contributed by atoms with E-state index >= 15 is 0 Å². The lowest BCUT2D eigenvalue weighted by Crippen LogP contribution is -2.16. The number of H-pyrrole nitrogens is 1. The fraction of sp³-hybridized carbons (Fsp3) is 0.158. The molecule has 0 amide bonds. The number of furan rings is 1. The Hall–Kier alpha value is -3.88. The van der Waals surface area contributed by atoms with Gasteiger partial charge in [0.15, 0.2) is 11.6 Å². The quantitative estimate of drug-likeness (QED) is 0.451. The third-order valence-electron chi connectivity index (χ3n) is 3.92. The van der Waals surface area contributed by atoms with Crippen molar-refractivity contribution in [3.63, 3.8) is 0 Å². The summed E-state index contributed by atoms with van der Waals surface area (Å²) in [5.74, 6) is 2.69. The zero-order valence-electron chi connectivity index (χ0n) is 15.5. The largest absolute Gasteiger partial charge is 0.463 e. The summed E-state index contributed by atoms with van der Waals surface area (Å²) in [6.45, 7) is 0.613. The molecule has 0 bridgehead atoms. The van der Waals surface area contributed by atoms with Crippen LogP contribution in [0.3, 0.4) is 0 Å². The zero-order chi connectivity index (χ0) is 19.3. The highest BCUT2D eigenvalue weighted by Gasteiger charge is 2.11. The van der Waals surface area contributed by atoms with Crippen LogP contribution in [0.4, 0.5) is 23.7 Å². The molecule has 0 fully saturated rings. The molecule has 0 saturated carbocycles. The van der Waals surface area contributed by atoms with Gasteiger partial charge in [-0.2, -0.15) is 20.1 Å². The van der Waals surface area contributed by atoms with Crippen molar-refractivity contribution in [3.8, 4) is 11.5 Å². The van der Waals surface area contributed by atoms with Crippen LogP contribution in [0, 0.1) is 0 Å². The first-order chi connectivity index (χ1) is 13.7. The van der Waals surface area contributed by atoms with Gasteiger partial charge in [-0.1, -0.05) is 30.3 Å². The SMILES string of the molecule is CN(C)c1nc(NCc2ccccc2)nc(Nc2cc(-c3ccco3)[nH]n2)n1. The van der Waals surface area contributed by atoms with Gasteiger partial charge in [-0.15, -0.1) is 0 Å². The van der Waals surface area contributed by atoms with Crippen molar-refractivity contribution >= 4 is 23.7 Å².